The molecule has 0 aromatic heterocycles. The first-order valence-electron chi connectivity index (χ1n) is 4.63. The summed E-state index contributed by atoms with van der Waals surface area (Å²) in [5.41, 5.74) is 0.888. The van der Waals surface area contributed by atoms with Gasteiger partial charge in [0.25, 0.3) is 0 Å². The maximum Gasteiger partial charge on any atom is 0.339 e. The zero-order chi connectivity index (χ0) is 12.1. The van der Waals surface area contributed by atoms with Crippen molar-refractivity contribution in [2.24, 2.45) is 0 Å². The number of methoxy groups -OCH3 is 1. The fraction of sp³-hybridized carbons (Fsp3) is 0.273. The summed E-state index contributed by atoms with van der Waals surface area (Å²) in [5.74, 6) is -1.43. The number of carboxylic acids is 1. The first-order chi connectivity index (χ1) is 7.56. The molecular weight excluding hydrogens is 232 g/mol. The van der Waals surface area contributed by atoms with Crippen LogP contribution in [0.4, 0.5) is 0 Å². The molecule has 16 heavy (non-hydrogen) atoms. The van der Waals surface area contributed by atoms with Crippen LogP contribution in [0.3, 0.4) is 0 Å². The number of carbonyl (C=O) groups is 2. The van der Waals surface area contributed by atoms with E-state index in [-0.39, 0.29) is 17.0 Å². The van der Waals surface area contributed by atoms with Gasteiger partial charge in [0, 0.05) is 6.42 Å². The molecule has 0 amide bonds. The lowest BCUT2D eigenvalue weighted by Gasteiger charge is -2.06. The van der Waals surface area contributed by atoms with Gasteiger partial charge in [-0.3, -0.25) is 4.79 Å². The first kappa shape index (κ1) is 12.5. The molecule has 0 fully saturated rings. The molecule has 1 aromatic rings. The number of ether oxygens (including phenoxy) is 1. The summed E-state index contributed by atoms with van der Waals surface area (Å²) >= 11 is 5.97. The van der Waals surface area contributed by atoms with Crippen LogP contribution in [0.25, 0.3) is 0 Å². The van der Waals surface area contributed by atoms with Crippen molar-refractivity contribution in [3.05, 3.63) is 34.3 Å². The van der Waals surface area contributed by atoms with Crippen LogP contribution >= 0.6 is 11.6 Å². The second kappa shape index (κ2) is 5.51. The second-order valence-electron chi connectivity index (χ2n) is 3.16. The van der Waals surface area contributed by atoms with Crippen LogP contribution in [0.15, 0.2) is 18.2 Å². The summed E-state index contributed by atoms with van der Waals surface area (Å²) in [6.45, 7) is 0. The summed E-state index contributed by atoms with van der Waals surface area (Å²) in [6.07, 6.45) is 0.267. The van der Waals surface area contributed by atoms with Crippen LogP contribution < -0.4 is 0 Å². The van der Waals surface area contributed by atoms with Crippen molar-refractivity contribution in [1.82, 2.24) is 0 Å². The van der Waals surface area contributed by atoms with Crippen LogP contribution in [0.2, 0.25) is 5.02 Å². The molecular formula is C11H11ClO4. The van der Waals surface area contributed by atoms with E-state index in [1.54, 1.807) is 18.2 Å². The van der Waals surface area contributed by atoms with Crippen LogP contribution in [-0.2, 0) is 16.0 Å². The van der Waals surface area contributed by atoms with Crippen molar-refractivity contribution in [3.63, 3.8) is 0 Å². The number of benzene rings is 1. The zero-order valence-electron chi connectivity index (χ0n) is 8.70. The smallest absolute Gasteiger partial charge is 0.339 e. The largest absolute Gasteiger partial charge is 0.481 e. The molecule has 86 valence electrons. The Morgan fingerprint density at radius 1 is 1.44 bits per heavy atom. The Labute approximate surface area is 97.8 Å². The fourth-order valence-corrected chi connectivity index (χ4v) is 1.58. The molecule has 0 unspecified atom stereocenters. The Morgan fingerprint density at radius 2 is 2.12 bits per heavy atom. The molecule has 0 aliphatic heterocycles. The highest BCUT2D eigenvalue weighted by Gasteiger charge is 2.13. The summed E-state index contributed by atoms with van der Waals surface area (Å²) in [5, 5.41) is 8.82. The lowest BCUT2D eigenvalue weighted by atomic mass is 10.1. The van der Waals surface area contributed by atoms with Gasteiger partial charge in [-0.05, 0) is 18.1 Å². The summed E-state index contributed by atoms with van der Waals surface area (Å²) in [4.78, 5) is 21.7. The Balaban J connectivity index is 2.94. The Hall–Kier alpha value is -1.55. The number of hydrogen-bond donors (Lipinski definition) is 1. The van der Waals surface area contributed by atoms with Gasteiger partial charge in [-0.1, -0.05) is 23.7 Å². The van der Waals surface area contributed by atoms with Crippen molar-refractivity contribution in [3.8, 4) is 0 Å². The number of carbonyl (C=O) groups excluding carboxylic acids is 1. The second-order valence-corrected chi connectivity index (χ2v) is 3.54. The van der Waals surface area contributed by atoms with E-state index in [0.29, 0.717) is 12.0 Å². The van der Waals surface area contributed by atoms with Gasteiger partial charge in [0.1, 0.15) is 0 Å². The first-order valence-corrected chi connectivity index (χ1v) is 5.01. The van der Waals surface area contributed by atoms with E-state index in [1.165, 1.54) is 7.11 Å². The Kier molecular flexibility index (Phi) is 4.31. The number of carboxylic acid groups (broad SMARTS) is 1. The molecule has 0 saturated carbocycles. The predicted octanol–water partition coefficient (Wildman–Crippen LogP) is 2.14. The topological polar surface area (TPSA) is 63.6 Å². The van der Waals surface area contributed by atoms with Crippen molar-refractivity contribution in [2.75, 3.05) is 7.11 Å². The van der Waals surface area contributed by atoms with Gasteiger partial charge < -0.3 is 9.84 Å². The number of aliphatic carboxylic acids is 1. The minimum Gasteiger partial charge on any atom is -0.481 e. The van der Waals surface area contributed by atoms with Gasteiger partial charge in [0.05, 0.1) is 17.7 Å². The van der Waals surface area contributed by atoms with E-state index in [0.717, 1.165) is 0 Å². The van der Waals surface area contributed by atoms with Gasteiger partial charge in [0.15, 0.2) is 0 Å². The Bertz CT molecular complexity index is 414. The number of rotatable bonds is 4. The quantitative estimate of drug-likeness (QED) is 0.822. The molecule has 1 rings (SSSR count). The third-order valence-corrected chi connectivity index (χ3v) is 2.54. The number of halogens is 1. The lowest BCUT2D eigenvalue weighted by Crippen LogP contribution is -2.05. The Morgan fingerprint density at radius 3 is 2.69 bits per heavy atom. The third kappa shape index (κ3) is 2.97. The van der Waals surface area contributed by atoms with E-state index in [2.05, 4.69) is 4.74 Å². The van der Waals surface area contributed by atoms with Gasteiger partial charge in [0.2, 0.25) is 0 Å². The highest BCUT2D eigenvalue weighted by atomic mass is 35.5. The number of hydrogen-bond acceptors (Lipinski definition) is 3. The van der Waals surface area contributed by atoms with Crippen molar-refractivity contribution < 1.29 is 19.4 Å². The average Bonchev–Trinajstić information content (AvgIpc) is 2.26. The number of esters is 1. The van der Waals surface area contributed by atoms with Crippen LogP contribution in [0.1, 0.15) is 22.3 Å². The van der Waals surface area contributed by atoms with Crippen LogP contribution in [0.5, 0.6) is 0 Å². The minimum atomic E-state index is -0.903. The van der Waals surface area contributed by atoms with Gasteiger partial charge >= 0.3 is 11.9 Å². The highest BCUT2D eigenvalue weighted by Crippen LogP contribution is 2.23. The maximum atomic E-state index is 11.3. The molecule has 0 heterocycles. The monoisotopic (exact) mass is 242 g/mol. The molecule has 5 heteroatoms. The molecule has 0 aliphatic carbocycles. The maximum absolute atomic E-state index is 11.3. The normalized spacial score (nSPS) is 9.88. The molecule has 0 aliphatic rings. The van der Waals surface area contributed by atoms with Gasteiger partial charge in [-0.15, -0.1) is 0 Å². The molecule has 0 saturated heterocycles. The van der Waals surface area contributed by atoms with E-state index in [9.17, 15) is 9.59 Å². The molecule has 0 spiro atoms. The SMILES string of the molecule is COC(=O)c1cccc(CCC(=O)O)c1Cl. The summed E-state index contributed by atoms with van der Waals surface area (Å²) < 4.78 is 4.56. The zero-order valence-corrected chi connectivity index (χ0v) is 9.45. The molecule has 1 N–H and O–H groups in total. The van der Waals surface area contributed by atoms with Crippen molar-refractivity contribution in [2.45, 2.75) is 12.8 Å². The number of aryl methyl sites for hydroxylation is 1. The lowest BCUT2D eigenvalue weighted by molar-refractivity contribution is -0.136. The van der Waals surface area contributed by atoms with E-state index in [4.69, 9.17) is 16.7 Å². The third-order valence-electron chi connectivity index (χ3n) is 2.09. The standard InChI is InChI=1S/C11H11ClO4/c1-16-11(15)8-4-2-3-7(10(8)12)5-6-9(13)14/h2-4H,5-6H2,1H3,(H,13,14). The molecule has 0 bridgehead atoms. The van der Waals surface area contributed by atoms with E-state index in [1.807, 2.05) is 0 Å². The van der Waals surface area contributed by atoms with Gasteiger partial charge in [-0.2, -0.15) is 0 Å². The van der Waals surface area contributed by atoms with Gasteiger partial charge in [-0.25, -0.2) is 4.79 Å². The highest BCUT2D eigenvalue weighted by molar-refractivity contribution is 6.34. The average molecular weight is 243 g/mol. The van der Waals surface area contributed by atoms with E-state index < -0.39 is 11.9 Å². The van der Waals surface area contributed by atoms with Crippen LogP contribution in [-0.4, -0.2) is 24.2 Å². The minimum absolute atomic E-state index is 0.0235. The molecule has 0 radical (unpaired) electrons. The molecule has 4 nitrogen and oxygen atoms in total. The fourth-order valence-electron chi connectivity index (χ4n) is 1.28. The summed E-state index contributed by atoms with van der Waals surface area (Å²) in [7, 11) is 1.27. The van der Waals surface area contributed by atoms with Crippen molar-refractivity contribution >= 4 is 23.5 Å². The van der Waals surface area contributed by atoms with Crippen molar-refractivity contribution in [1.29, 1.82) is 0 Å². The molecule has 0 atom stereocenters. The summed E-state index contributed by atoms with van der Waals surface area (Å²) in [6, 6.07) is 4.88. The molecule has 1 aromatic carbocycles. The van der Waals surface area contributed by atoms with E-state index >= 15 is 0 Å². The van der Waals surface area contributed by atoms with Crippen LogP contribution in [0, 0.1) is 0 Å². The predicted molar refractivity (Wildman–Crippen MR) is 58.7 cm³/mol.